The Kier molecular flexibility index (Phi) is 8.12. The number of rotatable bonds is 10. The molecule has 0 heterocycles. The zero-order valence-electron chi connectivity index (χ0n) is 15.3. The number of nitrogens with one attached hydrogen (secondary N) is 2. The van der Waals surface area contributed by atoms with Gasteiger partial charge in [0.05, 0.1) is 11.5 Å². The summed E-state index contributed by atoms with van der Waals surface area (Å²) < 4.78 is 32.2. The second kappa shape index (κ2) is 10.3. The molecule has 0 saturated heterocycles. The highest BCUT2D eigenvalue weighted by Crippen LogP contribution is 2.19. The first-order valence-electron chi connectivity index (χ1n) is 9.18. The van der Waals surface area contributed by atoms with Crippen LogP contribution < -0.4 is 14.8 Å². The molecule has 0 saturated carbocycles. The maximum Gasteiger partial charge on any atom is 0.240 e. The van der Waals surface area contributed by atoms with E-state index in [2.05, 4.69) is 16.1 Å². The lowest BCUT2D eigenvalue weighted by atomic mass is 9.97. The van der Waals surface area contributed by atoms with Crippen LogP contribution in [0.3, 0.4) is 0 Å². The molecule has 0 atom stereocenters. The minimum Gasteiger partial charge on any atom is -0.494 e. The van der Waals surface area contributed by atoms with Gasteiger partial charge in [-0.25, -0.2) is 13.1 Å². The van der Waals surface area contributed by atoms with E-state index >= 15 is 0 Å². The summed E-state index contributed by atoms with van der Waals surface area (Å²) in [6.45, 7) is 3.07. The zero-order valence-corrected chi connectivity index (χ0v) is 16.1. The average molecular weight is 381 g/mol. The second-order valence-electron chi connectivity index (χ2n) is 6.26. The smallest absolute Gasteiger partial charge is 0.240 e. The molecule has 7 heteroatoms. The number of amides is 1. The molecular weight excluding hydrogens is 352 g/mol. The topological polar surface area (TPSA) is 84.5 Å². The van der Waals surface area contributed by atoms with E-state index in [4.69, 9.17) is 4.74 Å². The highest BCUT2D eigenvalue weighted by molar-refractivity contribution is 7.89. The summed E-state index contributed by atoms with van der Waals surface area (Å²) in [6.07, 6.45) is 8.01. The van der Waals surface area contributed by atoms with Gasteiger partial charge in [-0.15, -0.1) is 0 Å². The van der Waals surface area contributed by atoms with E-state index in [1.807, 2.05) is 6.92 Å². The van der Waals surface area contributed by atoms with Crippen LogP contribution in [0.2, 0.25) is 0 Å². The first kappa shape index (κ1) is 20.5. The van der Waals surface area contributed by atoms with Crippen LogP contribution in [0.5, 0.6) is 5.75 Å². The third kappa shape index (κ3) is 6.80. The fourth-order valence-corrected chi connectivity index (χ4v) is 3.88. The van der Waals surface area contributed by atoms with Crippen LogP contribution in [-0.2, 0) is 14.8 Å². The highest BCUT2D eigenvalue weighted by atomic mass is 32.2. The molecule has 2 N–H and O–H groups in total. The molecule has 0 aromatic heterocycles. The lowest BCUT2D eigenvalue weighted by Gasteiger charge is -2.13. The predicted molar refractivity (Wildman–Crippen MR) is 102 cm³/mol. The molecule has 0 aliphatic heterocycles. The van der Waals surface area contributed by atoms with E-state index in [0.29, 0.717) is 18.9 Å². The Balaban J connectivity index is 1.69. The fraction of sp³-hybridized carbons (Fsp3) is 0.526. The third-order valence-electron chi connectivity index (χ3n) is 4.24. The normalized spacial score (nSPS) is 14.6. The molecule has 0 spiro atoms. The van der Waals surface area contributed by atoms with E-state index in [1.54, 1.807) is 12.1 Å². The SMILES string of the molecule is CCOc1ccc(S(=O)(=O)NCCC(=O)NCCC2=CCCCC2)cc1. The van der Waals surface area contributed by atoms with Crippen LogP contribution in [-0.4, -0.2) is 34.0 Å². The van der Waals surface area contributed by atoms with Gasteiger partial charge in [0.2, 0.25) is 15.9 Å². The fourth-order valence-electron chi connectivity index (χ4n) is 2.85. The molecular formula is C19H28N2O4S. The van der Waals surface area contributed by atoms with Gasteiger partial charge in [0.1, 0.15) is 5.75 Å². The van der Waals surface area contributed by atoms with E-state index in [1.165, 1.54) is 30.5 Å². The standard InChI is InChI=1S/C19H28N2O4S/c1-2-25-17-8-10-18(11-9-17)26(23,24)21-15-13-19(22)20-14-12-16-6-4-3-5-7-16/h6,8-11,21H,2-5,7,12-15H2,1H3,(H,20,22). The lowest BCUT2D eigenvalue weighted by Crippen LogP contribution is -2.31. The number of allylic oxidation sites excluding steroid dienone is 1. The Labute approximate surface area is 156 Å². The van der Waals surface area contributed by atoms with Crippen LogP contribution in [0.1, 0.15) is 45.4 Å². The molecule has 0 unspecified atom stereocenters. The largest absolute Gasteiger partial charge is 0.494 e. The minimum absolute atomic E-state index is 0.0735. The first-order chi connectivity index (χ1) is 12.5. The van der Waals surface area contributed by atoms with Crippen LogP contribution >= 0.6 is 0 Å². The Morgan fingerprint density at radius 3 is 2.58 bits per heavy atom. The molecule has 0 radical (unpaired) electrons. The number of carbonyl (C=O) groups is 1. The minimum atomic E-state index is -3.62. The van der Waals surface area contributed by atoms with Gasteiger partial charge >= 0.3 is 0 Å². The summed E-state index contributed by atoms with van der Waals surface area (Å²) in [7, 11) is -3.62. The van der Waals surface area contributed by atoms with E-state index in [9.17, 15) is 13.2 Å². The quantitative estimate of drug-likeness (QED) is 0.611. The van der Waals surface area contributed by atoms with Crippen LogP contribution in [0.4, 0.5) is 0 Å². The maximum atomic E-state index is 12.2. The van der Waals surface area contributed by atoms with Gasteiger partial charge in [0.25, 0.3) is 0 Å². The molecule has 1 aliphatic rings. The maximum absolute atomic E-state index is 12.2. The van der Waals surface area contributed by atoms with E-state index < -0.39 is 10.0 Å². The zero-order chi connectivity index (χ0) is 18.8. The van der Waals surface area contributed by atoms with Crippen molar-refractivity contribution >= 4 is 15.9 Å². The molecule has 1 aromatic carbocycles. The van der Waals surface area contributed by atoms with Crippen molar-refractivity contribution in [1.29, 1.82) is 0 Å². The number of carbonyl (C=O) groups excluding carboxylic acids is 1. The number of ether oxygens (including phenoxy) is 1. The molecule has 144 valence electrons. The van der Waals surface area contributed by atoms with Crippen LogP contribution in [0.25, 0.3) is 0 Å². The van der Waals surface area contributed by atoms with Gasteiger partial charge in [-0.2, -0.15) is 0 Å². The molecule has 1 amide bonds. The van der Waals surface area contributed by atoms with Gasteiger partial charge in [-0.1, -0.05) is 11.6 Å². The van der Waals surface area contributed by atoms with Crippen molar-refractivity contribution in [2.24, 2.45) is 0 Å². The summed E-state index contributed by atoms with van der Waals surface area (Å²) in [4.78, 5) is 12.0. The van der Waals surface area contributed by atoms with Crippen molar-refractivity contribution in [2.75, 3.05) is 19.7 Å². The lowest BCUT2D eigenvalue weighted by molar-refractivity contribution is -0.120. The Hall–Kier alpha value is -1.86. The van der Waals surface area contributed by atoms with Crippen molar-refractivity contribution in [3.05, 3.63) is 35.9 Å². The Morgan fingerprint density at radius 1 is 1.15 bits per heavy atom. The van der Waals surface area contributed by atoms with Crippen molar-refractivity contribution in [1.82, 2.24) is 10.0 Å². The summed E-state index contributed by atoms with van der Waals surface area (Å²) in [5.74, 6) is 0.481. The number of benzene rings is 1. The summed E-state index contributed by atoms with van der Waals surface area (Å²) in [5.41, 5.74) is 1.41. The molecule has 2 rings (SSSR count). The second-order valence-corrected chi connectivity index (χ2v) is 8.03. The molecule has 0 fully saturated rings. The van der Waals surface area contributed by atoms with Gasteiger partial charge < -0.3 is 10.1 Å². The molecule has 6 nitrogen and oxygen atoms in total. The number of hydrogen-bond donors (Lipinski definition) is 2. The average Bonchev–Trinajstić information content (AvgIpc) is 2.63. The monoisotopic (exact) mass is 380 g/mol. The third-order valence-corrected chi connectivity index (χ3v) is 5.72. The van der Waals surface area contributed by atoms with Crippen molar-refractivity contribution < 1.29 is 17.9 Å². The van der Waals surface area contributed by atoms with Gasteiger partial charge in [-0.05, 0) is 63.3 Å². The van der Waals surface area contributed by atoms with Crippen molar-refractivity contribution in [2.45, 2.75) is 50.3 Å². The predicted octanol–water partition coefficient (Wildman–Crippen LogP) is 2.76. The number of sulfonamides is 1. The van der Waals surface area contributed by atoms with Gasteiger partial charge in [0, 0.05) is 19.5 Å². The summed E-state index contributed by atoms with van der Waals surface area (Å²) in [6, 6.07) is 6.21. The number of hydrogen-bond acceptors (Lipinski definition) is 4. The van der Waals surface area contributed by atoms with Crippen LogP contribution in [0, 0.1) is 0 Å². The van der Waals surface area contributed by atoms with Crippen LogP contribution in [0.15, 0.2) is 40.8 Å². The molecule has 1 aromatic rings. The van der Waals surface area contributed by atoms with Gasteiger partial charge in [-0.3, -0.25) is 4.79 Å². The Morgan fingerprint density at radius 2 is 1.92 bits per heavy atom. The Bertz CT molecular complexity index is 712. The highest BCUT2D eigenvalue weighted by Gasteiger charge is 2.14. The molecule has 1 aliphatic carbocycles. The molecule has 0 bridgehead atoms. The summed E-state index contributed by atoms with van der Waals surface area (Å²) >= 11 is 0. The first-order valence-corrected chi connectivity index (χ1v) is 10.7. The van der Waals surface area contributed by atoms with Crippen molar-refractivity contribution in [3.63, 3.8) is 0 Å². The summed E-state index contributed by atoms with van der Waals surface area (Å²) in [5, 5.41) is 2.85. The van der Waals surface area contributed by atoms with Gasteiger partial charge in [0.15, 0.2) is 0 Å². The van der Waals surface area contributed by atoms with Crippen molar-refractivity contribution in [3.8, 4) is 5.75 Å². The van der Waals surface area contributed by atoms with E-state index in [-0.39, 0.29) is 23.8 Å². The van der Waals surface area contributed by atoms with E-state index in [0.717, 1.165) is 19.3 Å². The molecule has 26 heavy (non-hydrogen) atoms.